The molecule has 3 nitrogen and oxygen atoms in total. The Morgan fingerprint density at radius 2 is 1.92 bits per heavy atom. The van der Waals surface area contributed by atoms with Crippen LogP contribution in [0.15, 0.2) is 5.10 Å². The van der Waals surface area contributed by atoms with Crippen LogP contribution in [-0.2, 0) is 0 Å². The molecule has 0 N–H and O–H groups in total. The van der Waals surface area contributed by atoms with E-state index < -0.39 is 0 Å². The maximum absolute atomic E-state index is 4.03. The highest BCUT2D eigenvalue weighted by Crippen LogP contribution is 1.84. The van der Waals surface area contributed by atoms with E-state index in [1.54, 1.807) is 5.01 Å². The van der Waals surface area contributed by atoms with Crippen LogP contribution < -0.4 is 0 Å². The topological polar surface area (TPSA) is 18.6 Å². The third-order valence-electron chi connectivity index (χ3n) is 1.34. The van der Waals surface area contributed by atoms with Crippen molar-refractivity contribution in [2.75, 3.05) is 20.6 Å². The van der Waals surface area contributed by atoms with Gasteiger partial charge in [-0.05, 0) is 20.8 Å². The van der Waals surface area contributed by atoms with E-state index in [0.717, 1.165) is 6.54 Å². The van der Waals surface area contributed by atoms with Gasteiger partial charge in [0.15, 0.2) is 0 Å². The fourth-order valence-corrected chi connectivity index (χ4v) is 0.698. The molecule has 0 aliphatic rings. The molecule has 0 aromatic rings. The first-order valence-corrected chi connectivity index (χ1v) is 3.98. The van der Waals surface area contributed by atoms with Gasteiger partial charge < -0.3 is 0 Å². The van der Waals surface area contributed by atoms with Crippen LogP contribution in [0.5, 0.6) is 0 Å². The molecule has 0 aromatic carbocycles. The van der Waals surface area contributed by atoms with Crippen LogP contribution in [0, 0.1) is 0 Å². The Bertz CT molecular complexity index is 169. The van der Waals surface area contributed by atoms with Crippen molar-refractivity contribution in [3.8, 4) is 0 Å². The van der Waals surface area contributed by atoms with Crippen molar-refractivity contribution in [1.82, 2.24) is 5.01 Å². The summed E-state index contributed by atoms with van der Waals surface area (Å²) in [6, 6.07) is 3.43. The number of rotatable bonds is 3. The second kappa shape index (κ2) is 7.14. The monoisotopic (exact) mass is 192 g/mol. The average Bonchev–Trinajstić information content (AvgIpc) is 1.87. The molecule has 4 heteroatoms. The van der Waals surface area contributed by atoms with Crippen molar-refractivity contribution in [2.45, 2.75) is 26.8 Å². The van der Waals surface area contributed by atoms with Gasteiger partial charge in [0.05, 0.1) is 17.7 Å². The highest BCUT2D eigenvalue weighted by atomic mass is 35.5. The molecule has 0 aromatic heterocycles. The Kier molecular flexibility index (Phi) is 8.34. The summed E-state index contributed by atoms with van der Waals surface area (Å²) in [5, 5.41) is 5.77. The third-order valence-corrected chi connectivity index (χ3v) is 1.34. The SMILES string of the molecule is CC[N+](=C=NN(C)C)C(C)C.Cl. The Balaban J connectivity index is 0. The van der Waals surface area contributed by atoms with Crippen molar-refractivity contribution in [3.05, 3.63) is 0 Å². The quantitative estimate of drug-likeness (QED) is 0.377. The van der Waals surface area contributed by atoms with Crippen LogP contribution in [0.4, 0.5) is 0 Å². The van der Waals surface area contributed by atoms with E-state index >= 15 is 0 Å². The molecule has 0 fully saturated rings. The number of hydrazone groups is 1. The van der Waals surface area contributed by atoms with E-state index in [4.69, 9.17) is 0 Å². The molecule has 0 aliphatic heterocycles. The van der Waals surface area contributed by atoms with Gasteiger partial charge in [0.2, 0.25) is 0 Å². The van der Waals surface area contributed by atoms with Crippen LogP contribution in [-0.4, -0.2) is 42.3 Å². The molecule has 12 heavy (non-hydrogen) atoms. The minimum Gasteiger partial charge on any atom is -0.216 e. The van der Waals surface area contributed by atoms with Crippen molar-refractivity contribution < 1.29 is 4.58 Å². The van der Waals surface area contributed by atoms with Gasteiger partial charge in [-0.25, -0.2) is 9.58 Å². The second-order valence-corrected chi connectivity index (χ2v) is 2.93. The Morgan fingerprint density at radius 1 is 1.42 bits per heavy atom. The van der Waals surface area contributed by atoms with Crippen LogP contribution >= 0.6 is 12.4 Å². The minimum absolute atomic E-state index is 0. The molecule has 0 unspecified atom stereocenters. The standard InChI is InChI=1S/C8H18N3.ClH/c1-6-11(8(2)3)7-9-10(4)5;/h8H,6H2,1-5H3;1H/q+1;. The van der Waals surface area contributed by atoms with Gasteiger partial charge in [-0.3, -0.25) is 0 Å². The summed E-state index contributed by atoms with van der Waals surface area (Å²) in [5.41, 5.74) is 0. The molecular weight excluding hydrogens is 174 g/mol. The molecule has 0 rings (SSSR count). The average molecular weight is 193 g/mol. The zero-order valence-corrected chi connectivity index (χ0v) is 9.35. The molecule has 0 aliphatic carbocycles. The van der Waals surface area contributed by atoms with E-state index in [1.807, 2.05) is 14.1 Å². The van der Waals surface area contributed by atoms with Crippen molar-refractivity contribution in [3.63, 3.8) is 0 Å². The van der Waals surface area contributed by atoms with Crippen LogP contribution in [0.2, 0.25) is 0 Å². The zero-order chi connectivity index (χ0) is 8.85. The molecule has 0 saturated carbocycles. The summed E-state index contributed by atoms with van der Waals surface area (Å²) in [4.78, 5) is 0. The second-order valence-electron chi connectivity index (χ2n) is 2.93. The van der Waals surface area contributed by atoms with Gasteiger partial charge in [-0.15, -0.1) is 12.4 Å². The smallest absolute Gasteiger partial charge is 0.216 e. The van der Waals surface area contributed by atoms with E-state index in [-0.39, 0.29) is 12.4 Å². The normalized spacial score (nSPS) is 8.50. The lowest BCUT2D eigenvalue weighted by molar-refractivity contribution is -0.549. The predicted octanol–water partition coefficient (Wildman–Crippen LogP) is 1.50. The first-order chi connectivity index (χ1) is 5.07. The van der Waals surface area contributed by atoms with E-state index in [2.05, 4.69) is 36.5 Å². The maximum atomic E-state index is 4.03. The molecule has 72 valence electrons. The van der Waals surface area contributed by atoms with Crippen LogP contribution in [0.3, 0.4) is 0 Å². The van der Waals surface area contributed by atoms with Crippen molar-refractivity contribution in [1.29, 1.82) is 0 Å². The summed E-state index contributed by atoms with van der Waals surface area (Å²) in [5.74, 6) is 0. The number of halogens is 1. The zero-order valence-electron chi connectivity index (χ0n) is 8.53. The Hall–Kier alpha value is -0.530. The summed E-state index contributed by atoms with van der Waals surface area (Å²) < 4.78 is 2.06. The maximum Gasteiger partial charge on any atom is 0.338 e. The van der Waals surface area contributed by atoms with Gasteiger partial charge in [0, 0.05) is 14.1 Å². The molecule has 0 heterocycles. The summed E-state index contributed by atoms with van der Waals surface area (Å²) in [6.45, 7) is 7.30. The van der Waals surface area contributed by atoms with Crippen LogP contribution in [0.25, 0.3) is 0 Å². The fourth-order valence-electron chi connectivity index (χ4n) is 0.698. The largest absolute Gasteiger partial charge is 0.338 e. The molecule has 0 saturated heterocycles. The molecular formula is C8H19ClN3+. The molecule has 0 atom stereocenters. The first-order valence-electron chi connectivity index (χ1n) is 3.98. The van der Waals surface area contributed by atoms with Gasteiger partial charge in [0.25, 0.3) is 0 Å². The van der Waals surface area contributed by atoms with Crippen molar-refractivity contribution >= 4 is 18.4 Å². The summed E-state index contributed by atoms with van der Waals surface area (Å²) in [7, 11) is 3.78. The molecule has 0 bridgehead atoms. The van der Waals surface area contributed by atoms with Gasteiger partial charge in [-0.2, -0.15) is 0 Å². The van der Waals surface area contributed by atoms with Gasteiger partial charge in [0.1, 0.15) is 0 Å². The van der Waals surface area contributed by atoms with Crippen molar-refractivity contribution in [2.24, 2.45) is 5.10 Å². The lowest BCUT2D eigenvalue weighted by Crippen LogP contribution is -2.19. The number of hydrogen-bond acceptors (Lipinski definition) is 2. The lowest BCUT2D eigenvalue weighted by Gasteiger charge is -2.01. The highest BCUT2D eigenvalue weighted by molar-refractivity contribution is 5.85. The Labute approximate surface area is 81.2 Å². The fraction of sp³-hybridized carbons (Fsp3) is 0.875. The highest BCUT2D eigenvalue weighted by Gasteiger charge is 2.01. The predicted molar refractivity (Wildman–Crippen MR) is 54.3 cm³/mol. The minimum atomic E-state index is 0. The molecule has 0 radical (unpaired) electrons. The van der Waals surface area contributed by atoms with Crippen LogP contribution in [0.1, 0.15) is 20.8 Å². The number of nitrogens with zero attached hydrogens (tertiary/aromatic N) is 3. The molecule has 0 spiro atoms. The van der Waals surface area contributed by atoms with E-state index in [9.17, 15) is 0 Å². The van der Waals surface area contributed by atoms with E-state index in [1.165, 1.54) is 0 Å². The van der Waals surface area contributed by atoms with Gasteiger partial charge >= 0.3 is 6.01 Å². The Morgan fingerprint density at radius 3 is 2.17 bits per heavy atom. The third kappa shape index (κ3) is 6.20. The number of hydrogen-bond donors (Lipinski definition) is 0. The molecule has 0 amide bonds. The first kappa shape index (κ1) is 14.0. The van der Waals surface area contributed by atoms with Gasteiger partial charge in [-0.1, -0.05) is 0 Å². The van der Waals surface area contributed by atoms with E-state index in [0.29, 0.717) is 6.04 Å². The summed E-state index contributed by atoms with van der Waals surface area (Å²) in [6.07, 6.45) is 0. The summed E-state index contributed by atoms with van der Waals surface area (Å²) >= 11 is 0. The lowest BCUT2D eigenvalue weighted by atomic mass is 10.4.